The molecule has 0 radical (unpaired) electrons. The number of hydrogen-bond acceptors (Lipinski definition) is 6. The summed E-state index contributed by atoms with van der Waals surface area (Å²) in [7, 11) is 0. The van der Waals surface area contributed by atoms with E-state index in [1.807, 2.05) is 83.8 Å². The normalized spacial score (nSPS) is 15.2. The molecule has 0 spiro atoms. The van der Waals surface area contributed by atoms with E-state index in [1.54, 1.807) is 0 Å². The predicted molar refractivity (Wildman–Crippen MR) is 207 cm³/mol. The van der Waals surface area contributed by atoms with Crippen molar-refractivity contribution >= 4 is 23.7 Å². The maximum atomic E-state index is 13.8. The van der Waals surface area contributed by atoms with E-state index >= 15 is 0 Å². The zero-order valence-corrected chi connectivity index (χ0v) is 31.3. The molecule has 0 saturated carbocycles. The molecule has 2 aliphatic heterocycles. The van der Waals surface area contributed by atoms with Crippen LogP contribution in [0.2, 0.25) is 0 Å². The van der Waals surface area contributed by atoms with Gasteiger partial charge in [-0.2, -0.15) is 13.2 Å². The molecule has 12 heteroatoms. The maximum absolute atomic E-state index is 13.8. The number of ether oxygens (including phenoxy) is 1. The standard InChI is InChI=1S/C44H47F3N4O5/c45-44(46,47)43(55)56-37-18-16-32(17-19-37)20-25-51(41(53)29-33-10-3-1-4-11-33)31-40(52)48-30-34-12-9-13-35(28-34)38-14-5-6-15-39(38)42(54)50-26-21-36(22-27-50)49-23-7-2-8-24-49/h1,3-6,9-19,28,36H,2,7-8,20-27,29-31H2,(H,48,52). The van der Waals surface area contributed by atoms with Gasteiger partial charge in [-0.05, 0) is 97.3 Å². The number of rotatable bonds is 13. The van der Waals surface area contributed by atoms with E-state index in [0.717, 1.165) is 61.3 Å². The van der Waals surface area contributed by atoms with Gasteiger partial charge in [0.1, 0.15) is 5.75 Å². The van der Waals surface area contributed by atoms with E-state index in [-0.39, 0.29) is 49.5 Å². The number of likely N-dealkylation sites (tertiary alicyclic amines) is 2. The third-order valence-electron chi connectivity index (χ3n) is 10.5. The summed E-state index contributed by atoms with van der Waals surface area (Å²) >= 11 is 0. The van der Waals surface area contributed by atoms with Crippen LogP contribution in [0.3, 0.4) is 0 Å². The molecule has 0 aromatic heterocycles. The van der Waals surface area contributed by atoms with E-state index in [0.29, 0.717) is 23.6 Å². The summed E-state index contributed by atoms with van der Waals surface area (Å²) in [6.07, 6.45) is 1.05. The van der Waals surface area contributed by atoms with Gasteiger partial charge in [0.25, 0.3) is 5.91 Å². The average molecular weight is 769 g/mol. The molecule has 0 aliphatic carbocycles. The Bertz CT molecular complexity index is 1960. The van der Waals surface area contributed by atoms with E-state index in [9.17, 15) is 32.3 Å². The Kier molecular flexibility index (Phi) is 13.6. The largest absolute Gasteiger partial charge is 0.491 e. The minimum atomic E-state index is -5.11. The molecule has 9 nitrogen and oxygen atoms in total. The molecule has 1 N–H and O–H groups in total. The fourth-order valence-electron chi connectivity index (χ4n) is 7.42. The highest BCUT2D eigenvalue weighted by atomic mass is 19.4. The zero-order chi connectivity index (χ0) is 39.5. The van der Waals surface area contributed by atoms with Crippen LogP contribution in [0.15, 0.2) is 103 Å². The number of piperidine rings is 2. The lowest BCUT2D eigenvalue weighted by Gasteiger charge is -2.40. The first-order valence-corrected chi connectivity index (χ1v) is 19.2. The van der Waals surface area contributed by atoms with Gasteiger partial charge in [-0.25, -0.2) is 4.79 Å². The van der Waals surface area contributed by atoms with Gasteiger partial charge in [0.15, 0.2) is 0 Å². The lowest BCUT2D eigenvalue weighted by molar-refractivity contribution is -0.189. The monoisotopic (exact) mass is 768 g/mol. The second-order valence-corrected chi connectivity index (χ2v) is 14.4. The van der Waals surface area contributed by atoms with E-state index in [4.69, 9.17) is 0 Å². The predicted octanol–water partition coefficient (Wildman–Crippen LogP) is 6.84. The molecule has 2 aliphatic rings. The molecule has 0 atom stereocenters. The number of esters is 1. The van der Waals surface area contributed by atoms with Crippen LogP contribution in [0.5, 0.6) is 5.75 Å². The van der Waals surface area contributed by atoms with E-state index in [1.165, 1.54) is 48.4 Å². The Morgan fingerprint density at radius 2 is 1.43 bits per heavy atom. The molecule has 2 fully saturated rings. The number of benzene rings is 4. The van der Waals surface area contributed by atoms with Gasteiger partial charge in [-0.15, -0.1) is 0 Å². The lowest BCUT2D eigenvalue weighted by Crippen LogP contribution is -2.48. The topological polar surface area (TPSA) is 99.3 Å². The average Bonchev–Trinajstić information content (AvgIpc) is 3.22. The fraction of sp³-hybridized carbons (Fsp3) is 0.364. The summed E-state index contributed by atoms with van der Waals surface area (Å²) in [4.78, 5) is 57.8. The van der Waals surface area contributed by atoms with Crippen LogP contribution in [0, 0.1) is 0 Å². The van der Waals surface area contributed by atoms with Crippen LogP contribution < -0.4 is 10.1 Å². The molecule has 4 aromatic rings. The Balaban J connectivity index is 1.07. The van der Waals surface area contributed by atoms with Crippen molar-refractivity contribution in [1.82, 2.24) is 20.0 Å². The molecular formula is C44H47F3N4O5. The van der Waals surface area contributed by atoms with Crippen molar-refractivity contribution in [2.24, 2.45) is 0 Å². The quantitative estimate of drug-likeness (QED) is 0.118. The van der Waals surface area contributed by atoms with Crippen molar-refractivity contribution in [3.63, 3.8) is 0 Å². The highest BCUT2D eigenvalue weighted by Crippen LogP contribution is 2.28. The Labute approximate surface area is 325 Å². The van der Waals surface area contributed by atoms with Gasteiger partial charge < -0.3 is 24.8 Å². The Hall–Kier alpha value is -5.49. The van der Waals surface area contributed by atoms with E-state index < -0.39 is 12.1 Å². The van der Waals surface area contributed by atoms with Crippen molar-refractivity contribution in [1.29, 1.82) is 0 Å². The minimum absolute atomic E-state index is 0.0255. The first kappa shape index (κ1) is 40.2. The first-order valence-electron chi connectivity index (χ1n) is 19.2. The van der Waals surface area contributed by atoms with Gasteiger partial charge in [0.2, 0.25) is 11.8 Å². The van der Waals surface area contributed by atoms with Crippen LogP contribution in [-0.4, -0.2) is 89.9 Å². The van der Waals surface area contributed by atoms with E-state index in [2.05, 4.69) is 15.0 Å². The van der Waals surface area contributed by atoms with Gasteiger partial charge in [0.05, 0.1) is 13.0 Å². The van der Waals surface area contributed by atoms with Gasteiger partial charge in [-0.3, -0.25) is 14.4 Å². The highest BCUT2D eigenvalue weighted by molar-refractivity contribution is 6.01. The molecule has 294 valence electrons. The molecule has 6 rings (SSSR count). The van der Waals surface area contributed by atoms with Crippen LogP contribution >= 0.6 is 0 Å². The molecule has 4 aromatic carbocycles. The second kappa shape index (κ2) is 18.9. The molecule has 0 bridgehead atoms. The number of hydrogen-bond donors (Lipinski definition) is 1. The number of nitrogens with zero attached hydrogens (tertiary/aromatic N) is 3. The third-order valence-corrected chi connectivity index (χ3v) is 10.5. The van der Waals surface area contributed by atoms with Crippen LogP contribution in [0.1, 0.15) is 59.2 Å². The summed E-state index contributed by atoms with van der Waals surface area (Å²) in [5, 5.41) is 2.93. The van der Waals surface area contributed by atoms with Crippen molar-refractivity contribution < 1.29 is 37.1 Å². The SMILES string of the molecule is O=C(CN(CCc1ccc(OC(=O)C(F)(F)F)cc1)C(=O)Cc1ccccc1)NCc1cccc(-c2ccccc2C(=O)N2CCC(N3CCCCC3)CC2)c1. The lowest BCUT2D eigenvalue weighted by atomic mass is 9.95. The number of alkyl halides is 3. The summed E-state index contributed by atoms with van der Waals surface area (Å²) in [5.74, 6) is -3.17. The van der Waals surface area contributed by atoms with Crippen molar-refractivity contribution in [3.05, 3.63) is 125 Å². The summed E-state index contributed by atoms with van der Waals surface area (Å²) < 4.78 is 42.2. The second-order valence-electron chi connectivity index (χ2n) is 14.4. The van der Waals surface area contributed by atoms with Crippen molar-refractivity contribution in [2.75, 3.05) is 39.3 Å². The van der Waals surface area contributed by atoms with Crippen molar-refractivity contribution in [3.8, 4) is 16.9 Å². The third kappa shape index (κ3) is 11.1. The molecule has 2 saturated heterocycles. The maximum Gasteiger partial charge on any atom is 0.491 e. The van der Waals surface area contributed by atoms with Gasteiger partial charge in [0, 0.05) is 37.8 Å². The molecule has 3 amide bonds. The summed E-state index contributed by atoms with van der Waals surface area (Å²) in [6, 6.07) is 30.6. The Morgan fingerprint density at radius 1 is 0.750 bits per heavy atom. The fourth-order valence-corrected chi connectivity index (χ4v) is 7.42. The van der Waals surface area contributed by atoms with Crippen LogP contribution in [0.25, 0.3) is 11.1 Å². The summed E-state index contributed by atoms with van der Waals surface area (Å²) in [6.45, 7) is 3.93. The van der Waals surface area contributed by atoms with Crippen molar-refractivity contribution in [2.45, 2.75) is 63.7 Å². The molecule has 0 unspecified atom stereocenters. The number of halogens is 3. The van der Waals surface area contributed by atoms with Gasteiger partial charge in [-0.1, -0.05) is 85.3 Å². The molecular weight excluding hydrogens is 722 g/mol. The van der Waals surface area contributed by atoms with Gasteiger partial charge >= 0.3 is 12.1 Å². The number of carbonyl (C=O) groups is 4. The number of nitrogens with one attached hydrogen (secondary N) is 1. The zero-order valence-electron chi connectivity index (χ0n) is 31.3. The minimum Gasteiger partial charge on any atom is -0.420 e. The highest BCUT2D eigenvalue weighted by Gasteiger charge is 2.41. The van der Waals surface area contributed by atoms with Crippen LogP contribution in [-0.2, 0) is 33.8 Å². The number of amides is 3. The number of carbonyl (C=O) groups excluding carboxylic acids is 4. The first-order chi connectivity index (χ1) is 27.0. The summed E-state index contributed by atoms with van der Waals surface area (Å²) in [5.41, 5.74) is 4.63. The van der Waals surface area contributed by atoms with Crippen LogP contribution in [0.4, 0.5) is 13.2 Å². The Morgan fingerprint density at radius 3 is 2.14 bits per heavy atom. The smallest absolute Gasteiger partial charge is 0.420 e. The molecule has 56 heavy (non-hydrogen) atoms. The molecule has 2 heterocycles.